The highest BCUT2D eigenvalue weighted by molar-refractivity contribution is 5.93. The van der Waals surface area contributed by atoms with Crippen LogP contribution in [0.3, 0.4) is 0 Å². The summed E-state index contributed by atoms with van der Waals surface area (Å²) in [5, 5.41) is 2.70. The Hall–Kier alpha value is -2.83. The fourth-order valence-electron chi connectivity index (χ4n) is 2.29. The Morgan fingerprint density at radius 3 is 2.96 bits per heavy atom. The van der Waals surface area contributed by atoms with E-state index in [4.69, 9.17) is 9.47 Å². The smallest absolute Gasteiger partial charge is 0.263 e. The Bertz CT molecular complexity index is 772. The average Bonchev–Trinajstić information content (AvgIpc) is 2.54. The number of aryl methyl sites for hydroxylation is 1. The molecule has 1 amide bonds. The molecule has 120 valence electrons. The van der Waals surface area contributed by atoms with Gasteiger partial charge in [-0.1, -0.05) is 12.1 Å². The van der Waals surface area contributed by atoms with Crippen LogP contribution in [0.2, 0.25) is 0 Å². The molecule has 3 rings (SSSR count). The Morgan fingerprint density at radius 1 is 1.39 bits per heavy atom. The average molecular weight is 315 g/mol. The Balaban J connectivity index is 1.52. The lowest BCUT2D eigenvalue weighted by molar-refractivity contribution is 0.0812. The van der Waals surface area contributed by atoms with Crippen LogP contribution in [0.25, 0.3) is 0 Å². The first-order chi connectivity index (χ1) is 11.1. The highest BCUT2D eigenvalue weighted by atomic mass is 16.6. The van der Waals surface area contributed by atoms with Crippen LogP contribution in [0.5, 0.6) is 11.5 Å². The molecule has 7 heteroatoms. The molecule has 1 aliphatic heterocycles. The largest absolute Gasteiger partial charge is 0.486 e. The zero-order chi connectivity index (χ0) is 16.2. The number of hydrogen-bond acceptors (Lipinski definition) is 5. The minimum Gasteiger partial charge on any atom is -0.486 e. The molecule has 0 bridgehead atoms. The van der Waals surface area contributed by atoms with Crippen molar-refractivity contribution in [1.29, 1.82) is 0 Å². The summed E-state index contributed by atoms with van der Waals surface area (Å²) in [5.74, 6) is 1.45. The van der Waals surface area contributed by atoms with Gasteiger partial charge in [-0.25, -0.2) is 4.98 Å². The number of aromatic amines is 1. The molecule has 2 aromatic rings. The van der Waals surface area contributed by atoms with Gasteiger partial charge in [0.05, 0.1) is 0 Å². The van der Waals surface area contributed by atoms with E-state index in [9.17, 15) is 9.59 Å². The normalized spacial score (nSPS) is 16.0. The second-order valence-electron chi connectivity index (χ2n) is 5.25. The van der Waals surface area contributed by atoms with E-state index in [-0.39, 0.29) is 11.7 Å². The van der Waals surface area contributed by atoms with E-state index in [0.29, 0.717) is 31.1 Å². The van der Waals surface area contributed by atoms with Crippen LogP contribution in [-0.4, -0.2) is 35.1 Å². The van der Waals surface area contributed by atoms with Crippen molar-refractivity contribution in [3.05, 3.63) is 52.2 Å². The number of ether oxygens (including phenoxy) is 2. The van der Waals surface area contributed by atoms with Crippen molar-refractivity contribution < 1.29 is 14.3 Å². The predicted octanol–water partition coefficient (Wildman–Crippen LogP) is 1.04. The van der Waals surface area contributed by atoms with Crippen molar-refractivity contribution >= 4 is 5.91 Å². The summed E-state index contributed by atoms with van der Waals surface area (Å²) in [5.41, 5.74) is -0.442. The highest BCUT2D eigenvalue weighted by Gasteiger charge is 2.20. The first-order valence-electron chi connectivity index (χ1n) is 7.36. The van der Waals surface area contributed by atoms with Crippen molar-refractivity contribution in [2.45, 2.75) is 19.4 Å². The molecule has 0 radical (unpaired) electrons. The Labute approximate surface area is 132 Å². The standard InChI is InChI=1S/C16H17N3O4/c1-10-18-8-12(16(21)19-10)15(20)17-7-6-11-9-22-13-4-2-3-5-14(13)23-11/h2-5,8,11H,6-7,9H2,1H3,(H,17,20)(H,18,19,21)/t11-/m1/s1. The lowest BCUT2D eigenvalue weighted by Gasteiger charge is -2.26. The fourth-order valence-corrected chi connectivity index (χ4v) is 2.29. The minimum absolute atomic E-state index is 0.00163. The fraction of sp³-hybridized carbons (Fsp3) is 0.312. The van der Waals surface area contributed by atoms with Gasteiger partial charge in [-0.2, -0.15) is 0 Å². The molecule has 2 heterocycles. The van der Waals surface area contributed by atoms with Gasteiger partial charge in [-0.15, -0.1) is 0 Å². The van der Waals surface area contributed by atoms with Gasteiger partial charge in [0.1, 0.15) is 24.1 Å². The summed E-state index contributed by atoms with van der Waals surface area (Å²) in [7, 11) is 0. The number of fused-ring (bicyclic) bond motifs is 1. The molecule has 0 saturated carbocycles. The predicted molar refractivity (Wildman–Crippen MR) is 82.9 cm³/mol. The van der Waals surface area contributed by atoms with Crippen LogP contribution in [0.1, 0.15) is 22.6 Å². The van der Waals surface area contributed by atoms with Crippen molar-refractivity contribution in [2.75, 3.05) is 13.2 Å². The van der Waals surface area contributed by atoms with Gasteiger partial charge in [0.2, 0.25) is 0 Å². The van der Waals surface area contributed by atoms with Gasteiger partial charge < -0.3 is 19.8 Å². The van der Waals surface area contributed by atoms with E-state index < -0.39 is 11.5 Å². The van der Waals surface area contributed by atoms with Gasteiger partial charge in [0.15, 0.2) is 11.5 Å². The van der Waals surface area contributed by atoms with E-state index in [0.717, 1.165) is 5.75 Å². The monoisotopic (exact) mass is 315 g/mol. The van der Waals surface area contributed by atoms with Gasteiger partial charge in [0.25, 0.3) is 11.5 Å². The second kappa shape index (κ2) is 6.51. The summed E-state index contributed by atoms with van der Waals surface area (Å²) in [6, 6.07) is 7.46. The van der Waals surface area contributed by atoms with Gasteiger partial charge in [0, 0.05) is 19.2 Å². The Kier molecular flexibility index (Phi) is 4.27. The second-order valence-corrected chi connectivity index (χ2v) is 5.25. The van der Waals surface area contributed by atoms with Gasteiger partial charge >= 0.3 is 0 Å². The third-order valence-electron chi connectivity index (χ3n) is 3.49. The zero-order valence-corrected chi connectivity index (χ0v) is 12.7. The van der Waals surface area contributed by atoms with Crippen LogP contribution in [0.4, 0.5) is 0 Å². The zero-order valence-electron chi connectivity index (χ0n) is 12.7. The summed E-state index contributed by atoms with van der Waals surface area (Å²) in [6.07, 6.45) is 1.72. The quantitative estimate of drug-likeness (QED) is 0.879. The maximum atomic E-state index is 12.0. The van der Waals surface area contributed by atoms with Crippen molar-refractivity contribution in [2.24, 2.45) is 0 Å². The first-order valence-corrected chi connectivity index (χ1v) is 7.36. The molecule has 1 atom stereocenters. The molecule has 0 fully saturated rings. The summed E-state index contributed by atoms with van der Waals surface area (Å²) < 4.78 is 11.4. The summed E-state index contributed by atoms with van der Waals surface area (Å²) in [4.78, 5) is 30.1. The van der Waals surface area contributed by atoms with Crippen LogP contribution in [0, 0.1) is 6.92 Å². The lowest BCUT2D eigenvalue weighted by Crippen LogP contribution is -2.36. The lowest BCUT2D eigenvalue weighted by atomic mass is 10.2. The number of para-hydroxylation sites is 2. The molecule has 7 nitrogen and oxygen atoms in total. The molecule has 1 aromatic carbocycles. The number of carbonyl (C=O) groups excluding carboxylic acids is 1. The van der Waals surface area contributed by atoms with Gasteiger partial charge in [-0.05, 0) is 19.1 Å². The number of nitrogens with zero attached hydrogens (tertiary/aromatic N) is 1. The van der Waals surface area contributed by atoms with Crippen molar-refractivity contribution in [3.63, 3.8) is 0 Å². The molecule has 0 unspecified atom stereocenters. The first kappa shape index (κ1) is 15.1. The van der Waals surface area contributed by atoms with E-state index >= 15 is 0 Å². The molecule has 0 aliphatic carbocycles. The number of H-pyrrole nitrogens is 1. The third kappa shape index (κ3) is 3.50. The number of hydrogen-bond donors (Lipinski definition) is 2. The topological polar surface area (TPSA) is 93.3 Å². The van der Waals surface area contributed by atoms with Crippen LogP contribution in [0.15, 0.2) is 35.3 Å². The number of nitrogens with one attached hydrogen (secondary N) is 2. The number of benzene rings is 1. The summed E-state index contributed by atoms with van der Waals surface area (Å²) in [6.45, 7) is 2.46. The van der Waals surface area contributed by atoms with E-state index in [1.54, 1.807) is 6.92 Å². The maximum Gasteiger partial charge on any atom is 0.263 e. The van der Waals surface area contributed by atoms with E-state index in [1.165, 1.54) is 6.20 Å². The number of amides is 1. The van der Waals surface area contributed by atoms with Crippen molar-refractivity contribution in [1.82, 2.24) is 15.3 Å². The highest BCUT2D eigenvalue weighted by Crippen LogP contribution is 2.31. The molecule has 2 N–H and O–H groups in total. The molecule has 1 aromatic heterocycles. The molecule has 0 saturated heterocycles. The summed E-state index contributed by atoms with van der Waals surface area (Å²) >= 11 is 0. The van der Waals surface area contributed by atoms with Crippen molar-refractivity contribution in [3.8, 4) is 11.5 Å². The number of rotatable bonds is 4. The minimum atomic E-state index is -0.448. The molecule has 23 heavy (non-hydrogen) atoms. The number of aromatic nitrogens is 2. The van der Waals surface area contributed by atoms with Crippen LogP contribution in [-0.2, 0) is 0 Å². The van der Waals surface area contributed by atoms with Crippen LogP contribution < -0.4 is 20.3 Å². The third-order valence-corrected chi connectivity index (χ3v) is 3.49. The molecular formula is C16H17N3O4. The van der Waals surface area contributed by atoms with Gasteiger partial charge in [-0.3, -0.25) is 9.59 Å². The molecule has 1 aliphatic rings. The Morgan fingerprint density at radius 2 is 2.17 bits per heavy atom. The van der Waals surface area contributed by atoms with Crippen LogP contribution >= 0.6 is 0 Å². The van der Waals surface area contributed by atoms with E-state index in [2.05, 4.69) is 15.3 Å². The maximum absolute atomic E-state index is 12.0. The molecule has 0 spiro atoms. The SMILES string of the molecule is Cc1ncc(C(=O)NCC[C@@H]2COc3ccccc3O2)c(=O)[nH]1. The number of carbonyl (C=O) groups is 1. The van der Waals surface area contributed by atoms with E-state index in [1.807, 2.05) is 24.3 Å². The molecular weight excluding hydrogens is 298 g/mol.